The number of hydrogen-bond acceptors (Lipinski definition) is 4. The summed E-state index contributed by atoms with van der Waals surface area (Å²) < 4.78 is 18.5. The van der Waals surface area contributed by atoms with Gasteiger partial charge in [-0.2, -0.15) is 0 Å². The van der Waals surface area contributed by atoms with Crippen LogP contribution in [0.4, 0.5) is 9.18 Å². The normalized spacial score (nSPS) is 13.2. The van der Waals surface area contributed by atoms with E-state index >= 15 is 0 Å². The van der Waals surface area contributed by atoms with Gasteiger partial charge in [-0.25, -0.2) is 9.18 Å². The first-order valence-corrected chi connectivity index (χ1v) is 6.42. The van der Waals surface area contributed by atoms with E-state index in [9.17, 15) is 14.0 Å². The number of allylic oxidation sites excluding steroid dienone is 4. The van der Waals surface area contributed by atoms with Crippen molar-refractivity contribution in [2.75, 3.05) is 0 Å². The molecule has 0 aromatic rings. The van der Waals surface area contributed by atoms with Crippen molar-refractivity contribution < 1.29 is 18.7 Å². The molecule has 116 valence electrons. The molecule has 21 heavy (non-hydrogen) atoms. The van der Waals surface area contributed by atoms with Crippen molar-refractivity contribution in [3.8, 4) is 0 Å². The molecule has 0 radical (unpaired) electrons. The quantitative estimate of drug-likeness (QED) is 0.353. The van der Waals surface area contributed by atoms with Crippen molar-refractivity contribution in [2.45, 2.75) is 39.7 Å². The number of amides is 1. The van der Waals surface area contributed by atoms with Crippen LogP contribution in [0.2, 0.25) is 0 Å². The molecule has 0 saturated heterocycles. The Balaban J connectivity index is 4.60. The van der Waals surface area contributed by atoms with Gasteiger partial charge in [0.1, 0.15) is 17.7 Å². The smallest absolute Gasteiger partial charge is 0.412 e. The SMILES string of the molecule is C=C(\C=C(F)/C=N/C(=C\C=O)CC)NC(=O)OC(C)(C)C. The van der Waals surface area contributed by atoms with E-state index in [2.05, 4.69) is 16.9 Å². The Hall–Kier alpha value is -2.24. The van der Waals surface area contributed by atoms with Gasteiger partial charge in [-0.05, 0) is 39.3 Å². The number of aldehydes is 1. The van der Waals surface area contributed by atoms with Gasteiger partial charge >= 0.3 is 6.09 Å². The number of rotatable bonds is 6. The van der Waals surface area contributed by atoms with Crippen molar-refractivity contribution in [3.63, 3.8) is 0 Å². The summed E-state index contributed by atoms with van der Waals surface area (Å²) in [5.74, 6) is -0.707. The second-order valence-corrected chi connectivity index (χ2v) is 5.09. The lowest BCUT2D eigenvalue weighted by Gasteiger charge is -2.19. The van der Waals surface area contributed by atoms with E-state index in [0.29, 0.717) is 18.4 Å². The summed E-state index contributed by atoms with van der Waals surface area (Å²) in [5.41, 5.74) is -0.172. The Morgan fingerprint density at radius 3 is 2.52 bits per heavy atom. The zero-order valence-corrected chi connectivity index (χ0v) is 12.8. The first-order chi connectivity index (χ1) is 9.67. The number of hydrogen-bond donors (Lipinski definition) is 1. The maximum absolute atomic E-state index is 13.5. The summed E-state index contributed by atoms with van der Waals surface area (Å²) in [5, 5.41) is 2.29. The molecule has 0 heterocycles. The summed E-state index contributed by atoms with van der Waals surface area (Å²) in [6.07, 6.45) is 3.56. The molecule has 0 fully saturated rings. The van der Waals surface area contributed by atoms with Gasteiger partial charge in [0, 0.05) is 11.4 Å². The highest BCUT2D eigenvalue weighted by atomic mass is 19.1. The molecule has 0 saturated carbocycles. The number of halogens is 1. The van der Waals surface area contributed by atoms with Gasteiger partial charge in [0.05, 0.1) is 6.21 Å². The lowest BCUT2D eigenvalue weighted by Crippen LogP contribution is -2.31. The number of nitrogens with zero attached hydrogens (tertiary/aromatic N) is 1. The van der Waals surface area contributed by atoms with E-state index in [0.717, 1.165) is 12.3 Å². The molecule has 0 bridgehead atoms. The molecule has 0 aliphatic heterocycles. The molecule has 0 spiro atoms. The Bertz CT molecular complexity index is 486. The largest absolute Gasteiger partial charge is 0.444 e. The molecule has 6 heteroatoms. The monoisotopic (exact) mass is 296 g/mol. The second-order valence-electron chi connectivity index (χ2n) is 5.09. The lowest BCUT2D eigenvalue weighted by molar-refractivity contribution is -0.104. The summed E-state index contributed by atoms with van der Waals surface area (Å²) >= 11 is 0. The van der Waals surface area contributed by atoms with Crippen LogP contribution < -0.4 is 5.32 Å². The molecule has 0 rings (SSSR count). The van der Waals surface area contributed by atoms with Crippen molar-refractivity contribution in [1.82, 2.24) is 5.32 Å². The van der Waals surface area contributed by atoms with E-state index < -0.39 is 17.5 Å². The van der Waals surface area contributed by atoms with Gasteiger partial charge in [0.25, 0.3) is 0 Å². The molecular formula is C15H21FN2O3. The second kappa shape index (κ2) is 8.84. The minimum absolute atomic E-state index is 0.0330. The first-order valence-electron chi connectivity index (χ1n) is 6.42. The molecule has 0 atom stereocenters. The van der Waals surface area contributed by atoms with Crippen LogP contribution >= 0.6 is 0 Å². The van der Waals surface area contributed by atoms with E-state index in [1.807, 2.05) is 0 Å². The van der Waals surface area contributed by atoms with Crippen LogP contribution in [-0.2, 0) is 9.53 Å². The van der Waals surface area contributed by atoms with Gasteiger partial charge < -0.3 is 4.74 Å². The predicted octanol–water partition coefficient (Wildman–Crippen LogP) is 3.44. The molecule has 1 amide bonds. The predicted molar refractivity (Wildman–Crippen MR) is 80.6 cm³/mol. The molecule has 5 nitrogen and oxygen atoms in total. The number of ether oxygens (including phenoxy) is 1. The minimum Gasteiger partial charge on any atom is -0.444 e. The van der Waals surface area contributed by atoms with Crippen LogP contribution in [0.25, 0.3) is 0 Å². The summed E-state index contributed by atoms with van der Waals surface area (Å²) in [7, 11) is 0. The van der Waals surface area contributed by atoms with Gasteiger partial charge in [0.2, 0.25) is 0 Å². The summed E-state index contributed by atoms with van der Waals surface area (Å²) in [4.78, 5) is 25.5. The third-order valence-corrected chi connectivity index (χ3v) is 1.95. The fourth-order valence-electron chi connectivity index (χ4n) is 1.15. The molecule has 0 aromatic heterocycles. The minimum atomic E-state index is -0.719. The molecular weight excluding hydrogens is 275 g/mol. The number of alkyl carbamates (subject to hydrolysis) is 1. The van der Waals surface area contributed by atoms with Crippen molar-refractivity contribution in [2.24, 2.45) is 4.99 Å². The zero-order valence-electron chi connectivity index (χ0n) is 12.8. The highest BCUT2D eigenvalue weighted by Gasteiger charge is 2.16. The van der Waals surface area contributed by atoms with Crippen LogP contribution in [0.1, 0.15) is 34.1 Å². The maximum Gasteiger partial charge on any atom is 0.412 e. The summed E-state index contributed by atoms with van der Waals surface area (Å²) in [6, 6.07) is 0. The highest BCUT2D eigenvalue weighted by Crippen LogP contribution is 2.08. The Kier molecular flexibility index (Phi) is 7.89. The fourth-order valence-corrected chi connectivity index (χ4v) is 1.15. The van der Waals surface area contributed by atoms with E-state index in [1.165, 1.54) is 6.08 Å². The third kappa shape index (κ3) is 10.2. The van der Waals surface area contributed by atoms with Crippen LogP contribution in [-0.4, -0.2) is 24.2 Å². The number of carbonyl (C=O) groups is 2. The van der Waals surface area contributed by atoms with Gasteiger partial charge in [-0.3, -0.25) is 15.1 Å². The average Bonchev–Trinajstić information content (AvgIpc) is 2.31. The van der Waals surface area contributed by atoms with Crippen molar-refractivity contribution >= 4 is 18.6 Å². The zero-order chi connectivity index (χ0) is 16.5. The third-order valence-electron chi connectivity index (χ3n) is 1.95. The lowest BCUT2D eigenvalue weighted by atomic mass is 10.2. The van der Waals surface area contributed by atoms with Crippen molar-refractivity contribution in [1.29, 1.82) is 0 Å². The number of aliphatic imine (C=N–C) groups is 1. The highest BCUT2D eigenvalue weighted by molar-refractivity contribution is 5.79. The van der Waals surface area contributed by atoms with Gasteiger partial charge in [0.15, 0.2) is 0 Å². The summed E-state index contributed by atoms with van der Waals surface area (Å²) in [6.45, 7) is 10.4. The Labute approximate surface area is 124 Å². The molecule has 1 N–H and O–H groups in total. The fraction of sp³-hybridized carbons (Fsp3) is 0.400. The van der Waals surface area contributed by atoms with E-state index in [1.54, 1.807) is 27.7 Å². The van der Waals surface area contributed by atoms with Gasteiger partial charge in [-0.15, -0.1) is 0 Å². The van der Waals surface area contributed by atoms with Gasteiger partial charge in [-0.1, -0.05) is 13.5 Å². The molecule has 0 aliphatic carbocycles. The molecule has 0 aromatic carbocycles. The Morgan fingerprint density at radius 2 is 2.05 bits per heavy atom. The van der Waals surface area contributed by atoms with E-state index in [4.69, 9.17) is 4.74 Å². The molecule has 0 aliphatic rings. The van der Waals surface area contributed by atoms with Crippen LogP contribution in [0.15, 0.2) is 40.9 Å². The maximum atomic E-state index is 13.5. The van der Waals surface area contributed by atoms with Crippen molar-refractivity contribution in [3.05, 3.63) is 36.0 Å². The topological polar surface area (TPSA) is 67.8 Å². The number of carbonyl (C=O) groups excluding carboxylic acids is 2. The standard InChI is InChI=1S/C15H21FN2O3/c1-6-13(7-8-19)17-10-12(16)9-11(2)18-14(20)21-15(3,4)5/h7-10H,2,6H2,1,3-5H3,(H,18,20)/b12-9+,13-7-,17-10+. The average molecular weight is 296 g/mol. The Morgan fingerprint density at radius 1 is 1.43 bits per heavy atom. The number of nitrogens with one attached hydrogen (secondary N) is 1. The van der Waals surface area contributed by atoms with Crippen LogP contribution in [0.3, 0.4) is 0 Å². The van der Waals surface area contributed by atoms with Crippen LogP contribution in [0, 0.1) is 0 Å². The van der Waals surface area contributed by atoms with Crippen LogP contribution in [0.5, 0.6) is 0 Å². The van der Waals surface area contributed by atoms with E-state index in [-0.39, 0.29) is 5.70 Å². The molecule has 0 unspecified atom stereocenters. The first kappa shape index (κ1) is 18.8.